The molecule has 0 aliphatic heterocycles. The van der Waals surface area contributed by atoms with Gasteiger partial charge in [-0.2, -0.15) is 0 Å². The molecule has 3 N–H and O–H groups in total. The normalized spacial score (nSPS) is 10.4. The van der Waals surface area contributed by atoms with Gasteiger partial charge in [-0.25, -0.2) is 0 Å². The first-order chi connectivity index (χ1) is 9.26. The van der Waals surface area contributed by atoms with Gasteiger partial charge in [-0.1, -0.05) is 12.1 Å². The lowest BCUT2D eigenvalue weighted by atomic mass is 10.2. The topological polar surface area (TPSA) is 73.6 Å². The van der Waals surface area contributed by atoms with Gasteiger partial charge in [0.05, 0.1) is 13.2 Å². The number of nitrogens with two attached hydrogens (primary N) is 1. The van der Waals surface area contributed by atoms with Crippen molar-refractivity contribution in [2.75, 3.05) is 32.2 Å². The lowest BCUT2D eigenvalue weighted by Crippen LogP contribution is -2.13. The molecule has 1 aromatic rings. The van der Waals surface area contributed by atoms with E-state index in [4.69, 9.17) is 15.2 Å². The van der Waals surface area contributed by atoms with Crippen molar-refractivity contribution in [3.8, 4) is 0 Å². The summed E-state index contributed by atoms with van der Waals surface area (Å²) in [6.07, 6.45) is 1.14. The fourth-order valence-corrected chi connectivity index (χ4v) is 1.58. The molecule has 0 saturated heterocycles. The van der Waals surface area contributed by atoms with Gasteiger partial charge in [0, 0.05) is 32.4 Å². The van der Waals surface area contributed by atoms with E-state index in [1.807, 2.05) is 24.3 Å². The maximum Gasteiger partial charge on any atom is 0.224 e. The number of ether oxygens (including phenoxy) is 2. The molecule has 106 valence electrons. The maximum absolute atomic E-state index is 11.7. The number of benzene rings is 1. The molecule has 0 aliphatic carbocycles. The molecule has 0 atom stereocenters. The Labute approximate surface area is 114 Å². The molecular formula is C14H22N2O3. The molecular weight excluding hydrogens is 244 g/mol. The van der Waals surface area contributed by atoms with Gasteiger partial charge in [-0.15, -0.1) is 0 Å². The zero-order valence-corrected chi connectivity index (χ0v) is 11.4. The molecule has 0 unspecified atom stereocenters. The van der Waals surface area contributed by atoms with Gasteiger partial charge in [0.2, 0.25) is 5.91 Å². The zero-order valence-electron chi connectivity index (χ0n) is 11.4. The Kier molecular flexibility index (Phi) is 7.81. The lowest BCUT2D eigenvalue weighted by Gasteiger charge is -2.07. The van der Waals surface area contributed by atoms with Crippen molar-refractivity contribution in [2.45, 2.75) is 19.4 Å². The highest BCUT2D eigenvalue weighted by molar-refractivity contribution is 5.90. The highest BCUT2D eigenvalue weighted by atomic mass is 16.5. The number of methoxy groups -OCH3 is 1. The van der Waals surface area contributed by atoms with Crippen molar-refractivity contribution < 1.29 is 14.3 Å². The fraction of sp³-hybridized carbons (Fsp3) is 0.500. The van der Waals surface area contributed by atoms with Crippen LogP contribution < -0.4 is 11.1 Å². The second-order valence-corrected chi connectivity index (χ2v) is 4.16. The third-order valence-corrected chi connectivity index (χ3v) is 2.57. The van der Waals surface area contributed by atoms with Gasteiger partial charge in [0.1, 0.15) is 0 Å². The van der Waals surface area contributed by atoms with E-state index < -0.39 is 0 Å². The Morgan fingerprint density at radius 3 is 2.89 bits per heavy atom. The summed E-state index contributed by atoms with van der Waals surface area (Å²) in [7, 11) is 1.63. The molecule has 0 aliphatic rings. The summed E-state index contributed by atoms with van der Waals surface area (Å²) in [6, 6.07) is 7.55. The summed E-state index contributed by atoms with van der Waals surface area (Å²) in [6.45, 7) is 2.19. The van der Waals surface area contributed by atoms with Gasteiger partial charge in [0.25, 0.3) is 0 Å². The third kappa shape index (κ3) is 6.91. The largest absolute Gasteiger partial charge is 0.382 e. The van der Waals surface area contributed by atoms with Crippen LogP contribution in [0.3, 0.4) is 0 Å². The molecule has 1 aromatic carbocycles. The molecule has 0 spiro atoms. The van der Waals surface area contributed by atoms with Crippen LogP contribution in [0.15, 0.2) is 24.3 Å². The molecule has 0 heterocycles. The van der Waals surface area contributed by atoms with E-state index in [9.17, 15) is 4.79 Å². The monoisotopic (exact) mass is 266 g/mol. The predicted octanol–water partition coefficient (Wildman–Crippen LogP) is 1.53. The zero-order chi connectivity index (χ0) is 13.9. The number of nitrogens with one attached hydrogen (secondary N) is 1. The maximum atomic E-state index is 11.7. The molecule has 19 heavy (non-hydrogen) atoms. The summed E-state index contributed by atoms with van der Waals surface area (Å²) >= 11 is 0. The number of amides is 1. The second kappa shape index (κ2) is 9.49. The first-order valence-corrected chi connectivity index (χ1v) is 6.42. The Hall–Kier alpha value is -1.43. The van der Waals surface area contributed by atoms with Crippen LogP contribution in [0.25, 0.3) is 0 Å². The SMILES string of the molecule is COCCOCCCC(=O)Nc1cccc(CN)c1. The summed E-state index contributed by atoms with van der Waals surface area (Å²) < 4.78 is 10.1. The van der Waals surface area contributed by atoms with E-state index in [2.05, 4.69) is 5.32 Å². The fourth-order valence-electron chi connectivity index (χ4n) is 1.58. The molecule has 1 amide bonds. The highest BCUT2D eigenvalue weighted by Gasteiger charge is 2.02. The molecule has 1 rings (SSSR count). The van der Waals surface area contributed by atoms with Crippen LogP contribution in [0, 0.1) is 0 Å². The molecule has 0 fully saturated rings. The minimum atomic E-state index is -0.00971. The Morgan fingerprint density at radius 2 is 2.16 bits per heavy atom. The van der Waals surface area contributed by atoms with Crippen molar-refractivity contribution in [2.24, 2.45) is 5.73 Å². The first-order valence-electron chi connectivity index (χ1n) is 6.42. The van der Waals surface area contributed by atoms with E-state index in [1.54, 1.807) is 7.11 Å². The average molecular weight is 266 g/mol. The van der Waals surface area contributed by atoms with Crippen LogP contribution in [-0.2, 0) is 20.8 Å². The van der Waals surface area contributed by atoms with Crippen molar-refractivity contribution in [1.82, 2.24) is 0 Å². The van der Waals surface area contributed by atoms with Crippen molar-refractivity contribution in [1.29, 1.82) is 0 Å². The van der Waals surface area contributed by atoms with E-state index >= 15 is 0 Å². The van der Waals surface area contributed by atoms with Gasteiger partial charge in [-0.05, 0) is 24.1 Å². The van der Waals surface area contributed by atoms with Gasteiger partial charge < -0.3 is 20.5 Å². The summed E-state index contributed by atoms with van der Waals surface area (Å²) in [5.74, 6) is -0.00971. The van der Waals surface area contributed by atoms with Crippen molar-refractivity contribution in [3.63, 3.8) is 0 Å². The predicted molar refractivity (Wildman–Crippen MR) is 74.9 cm³/mol. The van der Waals surface area contributed by atoms with Crippen LogP contribution >= 0.6 is 0 Å². The smallest absolute Gasteiger partial charge is 0.224 e. The summed E-state index contributed by atoms with van der Waals surface area (Å²) in [5.41, 5.74) is 7.33. The number of carbonyl (C=O) groups is 1. The molecule has 0 saturated carbocycles. The molecule has 5 heteroatoms. The average Bonchev–Trinajstić information content (AvgIpc) is 2.43. The van der Waals surface area contributed by atoms with Gasteiger partial charge in [-0.3, -0.25) is 4.79 Å². The summed E-state index contributed by atoms with van der Waals surface area (Å²) in [4.78, 5) is 11.7. The van der Waals surface area contributed by atoms with Crippen molar-refractivity contribution in [3.05, 3.63) is 29.8 Å². The Bertz CT molecular complexity index is 383. The minimum Gasteiger partial charge on any atom is -0.382 e. The van der Waals surface area contributed by atoms with E-state index in [0.29, 0.717) is 39.2 Å². The molecule has 0 bridgehead atoms. The number of hydrogen-bond donors (Lipinski definition) is 2. The number of anilines is 1. The first kappa shape index (κ1) is 15.6. The summed E-state index contributed by atoms with van der Waals surface area (Å²) in [5, 5.41) is 2.84. The number of carbonyl (C=O) groups excluding carboxylic acids is 1. The number of rotatable bonds is 9. The van der Waals surface area contributed by atoms with Crippen molar-refractivity contribution >= 4 is 11.6 Å². The Morgan fingerprint density at radius 1 is 1.32 bits per heavy atom. The van der Waals surface area contributed by atoms with E-state index in [-0.39, 0.29) is 5.91 Å². The van der Waals surface area contributed by atoms with Crippen LogP contribution in [-0.4, -0.2) is 32.8 Å². The molecule has 5 nitrogen and oxygen atoms in total. The van der Waals surface area contributed by atoms with Gasteiger partial charge >= 0.3 is 0 Å². The quantitative estimate of drug-likeness (QED) is 0.665. The van der Waals surface area contributed by atoms with Crippen LogP contribution in [0.2, 0.25) is 0 Å². The van der Waals surface area contributed by atoms with E-state index in [0.717, 1.165) is 11.3 Å². The lowest BCUT2D eigenvalue weighted by molar-refractivity contribution is -0.116. The van der Waals surface area contributed by atoms with Gasteiger partial charge in [0.15, 0.2) is 0 Å². The minimum absolute atomic E-state index is 0.00971. The second-order valence-electron chi connectivity index (χ2n) is 4.16. The van der Waals surface area contributed by atoms with Crippen LogP contribution in [0.5, 0.6) is 0 Å². The standard InChI is InChI=1S/C14H22N2O3/c1-18-8-9-19-7-3-6-14(17)16-13-5-2-4-12(10-13)11-15/h2,4-5,10H,3,6-9,11,15H2,1H3,(H,16,17). The molecule has 0 aromatic heterocycles. The number of hydrogen-bond acceptors (Lipinski definition) is 4. The van der Waals surface area contributed by atoms with Crippen LogP contribution in [0.4, 0.5) is 5.69 Å². The molecule has 0 radical (unpaired) electrons. The highest BCUT2D eigenvalue weighted by Crippen LogP contribution is 2.10. The Balaban J connectivity index is 2.19. The third-order valence-electron chi connectivity index (χ3n) is 2.57. The van der Waals surface area contributed by atoms with Crippen LogP contribution in [0.1, 0.15) is 18.4 Å². The van der Waals surface area contributed by atoms with E-state index in [1.165, 1.54) is 0 Å².